The minimum Gasteiger partial charge on any atom is -0.300 e. The molecular formula is C8H15NO. The third kappa shape index (κ3) is 27.2. The first kappa shape index (κ1) is 11.9. The number of ketones is 1. The summed E-state index contributed by atoms with van der Waals surface area (Å²) in [6, 6.07) is 1.75. The van der Waals surface area contributed by atoms with Crippen molar-refractivity contribution in [3.63, 3.8) is 0 Å². The lowest BCUT2D eigenvalue weighted by Crippen LogP contribution is -1.95. The molecule has 0 aromatic heterocycles. The van der Waals surface area contributed by atoms with Crippen molar-refractivity contribution in [2.24, 2.45) is 5.92 Å². The van der Waals surface area contributed by atoms with E-state index in [9.17, 15) is 4.79 Å². The molecule has 0 fully saturated rings. The fourth-order valence-corrected chi connectivity index (χ4v) is 0.575. The minimum atomic E-state index is 0.287. The lowest BCUT2D eigenvalue weighted by atomic mass is 10.1. The normalized spacial score (nSPS) is 7.60. The van der Waals surface area contributed by atoms with Crippen LogP contribution < -0.4 is 0 Å². The number of rotatable bonds is 2. The second-order valence-corrected chi connectivity index (χ2v) is 2.52. The third-order valence-corrected chi connectivity index (χ3v) is 0.696. The minimum absolute atomic E-state index is 0.287. The van der Waals surface area contributed by atoms with Crippen LogP contribution in [-0.4, -0.2) is 5.78 Å². The standard InChI is InChI=1S/C6H12O.C2H3N/c1-5(2)4-6(3)7;1-2-3/h5H,4H2,1-3H3;1H3. The van der Waals surface area contributed by atoms with Gasteiger partial charge in [-0.05, 0) is 12.8 Å². The molecule has 0 bridgehead atoms. The molecule has 10 heavy (non-hydrogen) atoms. The van der Waals surface area contributed by atoms with E-state index in [0.717, 1.165) is 6.42 Å². The zero-order chi connectivity index (χ0) is 8.57. The number of hydrogen-bond acceptors (Lipinski definition) is 2. The van der Waals surface area contributed by atoms with Crippen LogP contribution in [-0.2, 0) is 4.79 Å². The van der Waals surface area contributed by atoms with Crippen LogP contribution >= 0.6 is 0 Å². The number of hydrogen-bond donors (Lipinski definition) is 0. The first-order chi connectivity index (χ1) is 4.54. The first-order valence-electron chi connectivity index (χ1n) is 3.34. The Kier molecular flexibility index (Phi) is 9.71. The van der Waals surface area contributed by atoms with Crippen LogP contribution in [0.3, 0.4) is 0 Å². The summed E-state index contributed by atoms with van der Waals surface area (Å²) >= 11 is 0. The van der Waals surface area contributed by atoms with Gasteiger partial charge in [0.25, 0.3) is 0 Å². The smallest absolute Gasteiger partial charge is 0.130 e. The summed E-state index contributed by atoms with van der Waals surface area (Å²) in [5.41, 5.74) is 0. The SMILES string of the molecule is CC#N.CC(=O)CC(C)C. The molecular weight excluding hydrogens is 126 g/mol. The molecule has 0 aromatic carbocycles. The molecule has 0 heterocycles. The van der Waals surface area contributed by atoms with E-state index in [0.29, 0.717) is 5.92 Å². The molecule has 0 rings (SSSR count). The Bertz CT molecular complexity index is 122. The molecule has 0 saturated heterocycles. The summed E-state index contributed by atoms with van der Waals surface area (Å²) < 4.78 is 0. The van der Waals surface area contributed by atoms with Gasteiger partial charge in [0.05, 0.1) is 6.07 Å². The van der Waals surface area contributed by atoms with Gasteiger partial charge in [-0.15, -0.1) is 0 Å². The van der Waals surface area contributed by atoms with Crippen molar-refractivity contribution in [1.29, 1.82) is 5.26 Å². The topological polar surface area (TPSA) is 40.9 Å². The highest BCUT2D eigenvalue weighted by molar-refractivity contribution is 5.75. The Balaban J connectivity index is 0. The average molecular weight is 141 g/mol. The van der Waals surface area contributed by atoms with Gasteiger partial charge in [-0.1, -0.05) is 13.8 Å². The highest BCUT2D eigenvalue weighted by atomic mass is 16.1. The zero-order valence-corrected chi connectivity index (χ0v) is 7.14. The van der Waals surface area contributed by atoms with Crippen molar-refractivity contribution in [3.8, 4) is 6.07 Å². The van der Waals surface area contributed by atoms with Crippen LogP contribution in [0.1, 0.15) is 34.1 Å². The van der Waals surface area contributed by atoms with Gasteiger partial charge in [0.2, 0.25) is 0 Å². The van der Waals surface area contributed by atoms with Crippen molar-refractivity contribution < 1.29 is 4.79 Å². The molecule has 0 saturated carbocycles. The van der Waals surface area contributed by atoms with Gasteiger partial charge in [0.15, 0.2) is 0 Å². The molecule has 0 aromatic rings. The molecule has 0 N–H and O–H groups in total. The van der Waals surface area contributed by atoms with E-state index < -0.39 is 0 Å². The van der Waals surface area contributed by atoms with Gasteiger partial charge in [-0.25, -0.2) is 0 Å². The number of nitrogens with zero attached hydrogens (tertiary/aromatic N) is 1. The lowest BCUT2D eigenvalue weighted by Gasteiger charge is -1.95. The Hall–Kier alpha value is -0.840. The van der Waals surface area contributed by atoms with E-state index in [4.69, 9.17) is 5.26 Å². The average Bonchev–Trinajstić information content (AvgIpc) is 1.62. The van der Waals surface area contributed by atoms with Gasteiger partial charge in [0, 0.05) is 13.3 Å². The van der Waals surface area contributed by atoms with Crippen molar-refractivity contribution in [2.75, 3.05) is 0 Å². The van der Waals surface area contributed by atoms with Crippen molar-refractivity contribution >= 4 is 5.78 Å². The summed E-state index contributed by atoms with van der Waals surface area (Å²) in [4.78, 5) is 10.3. The molecule has 0 aliphatic rings. The van der Waals surface area contributed by atoms with Crippen molar-refractivity contribution in [2.45, 2.75) is 34.1 Å². The Morgan fingerprint density at radius 1 is 1.60 bits per heavy atom. The quantitative estimate of drug-likeness (QED) is 0.591. The van der Waals surface area contributed by atoms with Gasteiger partial charge in [-0.3, -0.25) is 0 Å². The van der Waals surface area contributed by atoms with E-state index in [2.05, 4.69) is 0 Å². The van der Waals surface area contributed by atoms with Gasteiger partial charge < -0.3 is 4.79 Å². The molecule has 2 heteroatoms. The van der Waals surface area contributed by atoms with Crippen molar-refractivity contribution in [3.05, 3.63) is 0 Å². The maximum absolute atomic E-state index is 10.3. The van der Waals surface area contributed by atoms with Crippen LogP contribution in [0.2, 0.25) is 0 Å². The third-order valence-electron chi connectivity index (χ3n) is 0.696. The van der Waals surface area contributed by atoms with Crippen LogP contribution in [0.5, 0.6) is 0 Å². The molecule has 0 radical (unpaired) electrons. The van der Waals surface area contributed by atoms with E-state index in [1.807, 2.05) is 13.8 Å². The number of nitriles is 1. The maximum Gasteiger partial charge on any atom is 0.130 e. The Morgan fingerprint density at radius 3 is 1.90 bits per heavy atom. The van der Waals surface area contributed by atoms with E-state index in [1.165, 1.54) is 6.92 Å². The van der Waals surface area contributed by atoms with Crippen LogP contribution in [0, 0.1) is 17.2 Å². The maximum atomic E-state index is 10.3. The van der Waals surface area contributed by atoms with E-state index in [1.54, 1.807) is 13.0 Å². The van der Waals surface area contributed by atoms with Crippen LogP contribution in [0.25, 0.3) is 0 Å². The fourth-order valence-electron chi connectivity index (χ4n) is 0.575. The summed E-state index contributed by atoms with van der Waals surface area (Å²) in [5.74, 6) is 0.813. The second kappa shape index (κ2) is 8.16. The predicted octanol–water partition coefficient (Wildman–Crippen LogP) is 2.15. The van der Waals surface area contributed by atoms with Gasteiger partial charge in [-0.2, -0.15) is 5.26 Å². The van der Waals surface area contributed by atoms with E-state index in [-0.39, 0.29) is 5.78 Å². The molecule has 0 amide bonds. The van der Waals surface area contributed by atoms with Crippen LogP contribution in [0.4, 0.5) is 0 Å². The molecule has 0 aliphatic heterocycles. The van der Waals surface area contributed by atoms with Gasteiger partial charge >= 0.3 is 0 Å². The van der Waals surface area contributed by atoms with Gasteiger partial charge in [0.1, 0.15) is 5.78 Å². The van der Waals surface area contributed by atoms with E-state index >= 15 is 0 Å². The number of Topliss-reactive ketones (excluding diaryl/α,β-unsaturated/α-hetero) is 1. The molecule has 0 aliphatic carbocycles. The summed E-state index contributed by atoms with van der Waals surface area (Å²) in [6.07, 6.45) is 0.722. The largest absolute Gasteiger partial charge is 0.300 e. The second-order valence-electron chi connectivity index (χ2n) is 2.52. The highest BCUT2D eigenvalue weighted by Crippen LogP contribution is 1.97. The molecule has 2 nitrogen and oxygen atoms in total. The number of carbonyl (C=O) groups excluding carboxylic acids is 1. The summed E-state index contributed by atoms with van der Waals surface area (Å²) in [7, 11) is 0. The zero-order valence-electron chi connectivity index (χ0n) is 7.14. The fraction of sp³-hybridized carbons (Fsp3) is 0.750. The molecule has 0 unspecified atom stereocenters. The Morgan fingerprint density at radius 2 is 1.90 bits per heavy atom. The number of carbonyl (C=O) groups is 1. The molecule has 0 spiro atoms. The molecule has 58 valence electrons. The highest BCUT2D eigenvalue weighted by Gasteiger charge is 1.95. The monoisotopic (exact) mass is 141 g/mol. The predicted molar refractivity (Wildman–Crippen MR) is 41.4 cm³/mol. The Labute approximate surface area is 62.9 Å². The lowest BCUT2D eigenvalue weighted by molar-refractivity contribution is -0.117. The first-order valence-corrected chi connectivity index (χ1v) is 3.34. The summed E-state index contributed by atoms with van der Waals surface area (Å²) in [5, 5.41) is 7.32. The summed E-state index contributed by atoms with van der Waals surface area (Å²) in [6.45, 7) is 7.14. The van der Waals surface area contributed by atoms with Crippen LogP contribution in [0.15, 0.2) is 0 Å². The molecule has 0 atom stereocenters. The van der Waals surface area contributed by atoms with Crippen molar-refractivity contribution in [1.82, 2.24) is 0 Å².